The molecule has 0 saturated heterocycles. The van der Waals surface area contributed by atoms with Crippen LogP contribution in [0, 0.1) is 0 Å². The predicted molar refractivity (Wildman–Crippen MR) is 69.2 cm³/mol. The van der Waals surface area contributed by atoms with Crippen molar-refractivity contribution in [2.24, 2.45) is 0 Å². The number of halogens is 1. The molecule has 0 radical (unpaired) electrons. The molecule has 0 spiro atoms. The maximum atomic E-state index is 6.15. The summed E-state index contributed by atoms with van der Waals surface area (Å²) in [5.41, 5.74) is 1.11. The van der Waals surface area contributed by atoms with Crippen LogP contribution in [0.15, 0.2) is 11.4 Å². The van der Waals surface area contributed by atoms with E-state index in [9.17, 15) is 0 Å². The van der Waals surface area contributed by atoms with Crippen LogP contribution in [0.4, 0.5) is 0 Å². The molecule has 0 aromatic carbocycles. The van der Waals surface area contributed by atoms with Gasteiger partial charge in [-0.15, -0.1) is 11.8 Å². The first kappa shape index (κ1) is 12.2. The van der Waals surface area contributed by atoms with Crippen LogP contribution >= 0.6 is 23.4 Å². The van der Waals surface area contributed by atoms with Crippen LogP contribution in [0.5, 0.6) is 0 Å². The lowest BCUT2D eigenvalue weighted by atomic mass is 10.1. The van der Waals surface area contributed by atoms with Crippen molar-refractivity contribution in [1.82, 2.24) is 9.97 Å². The molecule has 1 heterocycles. The Kier molecular flexibility index (Phi) is 4.09. The van der Waals surface area contributed by atoms with Crippen LogP contribution in [0.25, 0.3) is 0 Å². The van der Waals surface area contributed by atoms with Crippen molar-refractivity contribution in [2.75, 3.05) is 0 Å². The summed E-state index contributed by atoms with van der Waals surface area (Å²) in [6, 6.07) is 0. The smallest absolute Gasteiger partial charge is 0.137 e. The Hall–Kier alpha value is -0.280. The van der Waals surface area contributed by atoms with Crippen molar-refractivity contribution in [3.63, 3.8) is 0 Å². The molecular formula is C12H17ClN2S. The van der Waals surface area contributed by atoms with Gasteiger partial charge in [-0.1, -0.05) is 38.3 Å². The van der Waals surface area contributed by atoms with E-state index < -0.39 is 0 Å². The normalized spacial score (nSPS) is 17.2. The van der Waals surface area contributed by atoms with Gasteiger partial charge >= 0.3 is 0 Å². The number of hydrogen-bond acceptors (Lipinski definition) is 3. The molecule has 1 aromatic heterocycles. The first-order chi connectivity index (χ1) is 7.68. The van der Waals surface area contributed by atoms with Gasteiger partial charge in [-0.2, -0.15) is 0 Å². The number of aromatic nitrogens is 2. The van der Waals surface area contributed by atoms with Crippen LogP contribution in [0.1, 0.15) is 51.0 Å². The minimum absolute atomic E-state index is 0.387. The Morgan fingerprint density at radius 1 is 1.31 bits per heavy atom. The molecular weight excluding hydrogens is 240 g/mol. The van der Waals surface area contributed by atoms with Gasteiger partial charge in [0.15, 0.2) is 0 Å². The average molecular weight is 257 g/mol. The fourth-order valence-electron chi connectivity index (χ4n) is 2.10. The van der Waals surface area contributed by atoms with E-state index in [2.05, 4.69) is 23.8 Å². The van der Waals surface area contributed by atoms with Crippen LogP contribution in [-0.2, 0) is 0 Å². The summed E-state index contributed by atoms with van der Waals surface area (Å²) in [6.45, 7) is 4.28. The summed E-state index contributed by atoms with van der Waals surface area (Å²) in [6.07, 6.45) is 6.90. The molecule has 16 heavy (non-hydrogen) atoms. The number of rotatable bonds is 3. The van der Waals surface area contributed by atoms with Crippen LogP contribution in [0.2, 0.25) is 5.15 Å². The molecule has 1 aliphatic rings. The second-order valence-corrected chi connectivity index (χ2v) is 6.21. The lowest BCUT2D eigenvalue weighted by Crippen LogP contribution is -2.02. The van der Waals surface area contributed by atoms with Gasteiger partial charge in [0, 0.05) is 10.8 Å². The second-order valence-electron chi connectivity index (χ2n) is 4.56. The summed E-state index contributed by atoms with van der Waals surface area (Å²) in [4.78, 5) is 8.47. The molecule has 0 bridgehead atoms. The Morgan fingerprint density at radius 3 is 2.62 bits per heavy atom. The Balaban J connectivity index is 2.21. The highest BCUT2D eigenvalue weighted by Crippen LogP contribution is 2.38. The van der Waals surface area contributed by atoms with Crippen molar-refractivity contribution in [2.45, 2.75) is 55.7 Å². The Labute approximate surface area is 106 Å². The summed E-state index contributed by atoms with van der Waals surface area (Å²) in [5, 5.41) is 2.43. The first-order valence-corrected chi connectivity index (χ1v) is 7.11. The molecule has 0 unspecified atom stereocenters. The fourth-order valence-corrected chi connectivity index (χ4v) is 3.96. The lowest BCUT2D eigenvalue weighted by molar-refractivity contribution is 0.797. The molecule has 2 rings (SSSR count). The van der Waals surface area contributed by atoms with E-state index in [1.54, 1.807) is 6.33 Å². The zero-order valence-electron chi connectivity index (χ0n) is 9.74. The third-order valence-corrected chi connectivity index (χ3v) is 4.61. The van der Waals surface area contributed by atoms with E-state index in [4.69, 9.17) is 11.6 Å². The number of hydrogen-bond donors (Lipinski definition) is 0. The lowest BCUT2D eigenvalue weighted by Gasteiger charge is -2.14. The molecule has 1 fully saturated rings. The fraction of sp³-hybridized carbons (Fsp3) is 0.667. The van der Waals surface area contributed by atoms with E-state index in [1.165, 1.54) is 25.7 Å². The first-order valence-electron chi connectivity index (χ1n) is 5.85. The Bertz CT molecular complexity index is 362. The van der Waals surface area contributed by atoms with Gasteiger partial charge < -0.3 is 0 Å². The highest BCUT2D eigenvalue weighted by molar-refractivity contribution is 7.99. The molecule has 2 nitrogen and oxygen atoms in total. The minimum atomic E-state index is 0.387. The van der Waals surface area contributed by atoms with Gasteiger partial charge in [-0.05, 0) is 18.8 Å². The predicted octanol–water partition coefficient (Wildman–Crippen LogP) is 4.29. The van der Waals surface area contributed by atoms with Crippen molar-refractivity contribution in [3.8, 4) is 0 Å². The summed E-state index contributed by atoms with van der Waals surface area (Å²) in [7, 11) is 0. The maximum Gasteiger partial charge on any atom is 0.137 e. The third-order valence-electron chi connectivity index (χ3n) is 2.96. The molecule has 0 aliphatic heterocycles. The largest absolute Gasteiger partial charge is 0.230 e. The topological polar surface area (TPSA) is 25.8 Å². The van der Waals surface area contributed by atoms with Crippen LogP contribution in [0.3, 0.4) is 0 Å². The summed E-state index contributed by atoms with van der Waals surface area (Å²) < 4.78 is 0. The molecule has 0 amide bonds. The summed E-state index contributed by atoms with van der Waals surface area (Å²) in [5.74, 6) is 0.387. The standard InChI is InChI=1S/C12H17ClN2S/c1-8(2)10-11(13)14-7-15-12(10)16-9-5-3-4-6-9/h7-9H,3-6H2,1-2H3. The van der Waals surface area contributed by atoms with Crippen molar-refractivity contribution < 1.29 is 0 Å². The number of nitrogens with zero attached hydrogens (tertiary/aromatic N) is 2. The van der Waals surface area contributed by atoms with Crippen molar-refractivity contribution in [3.05, 3.63) is 17.0 Å². The SMILES string of the molecule is CC(C)c1c(Cl)ncnc1SC1CCCC1. The molecule has 88 valence electrons. The quantitative estimate of drug-likeness (QED) is 0.755. The van der Waals surface area contributed by atoms with Crippen LogP contribution < -0.4 is 0 Å². The van der Waals surface area contributed by atoms with E-state index >= 15 is 0 Å². The zero-order chi connectivity index (χ0) is 11.5. The van der Waals surface area contributed by atoms with E-state index in [0.29, 0.717) is 11.1 Å². The van der Waals surface area contributed by atoms with Gasteiger partial charge in [0.1, 0.15) is 16.5 Å². The molecule has 1 saturated carbocycles. The van der Waals surface area contributed by atoms with Gasteiger partial charge in [-0.25, -0.2) is 9.97 Å². The van der Waals surface area contributed by atoms with Gasteiger partial charge in [0.2, 0.25) is 0 Å². The second kappa shape index (κ2) is 5.37. The average Bonchev–Trinajstić information content (AvgIpc) is 2.70. The van der Waals surface area contributed by atoms with E-state index in [1.807, 2.05) is 11.8 Å². The van der Waals surface area contributed by atoms with Gasteiger partial charge in [-0.3, -0.25) is 0 Å². The van der Waals surface area contributed by atoms with Crippen LogP contribution in [-0.4, -0.2) is 15.2 Å². The number of thioether (sulfide) groups is 1. The highest BCUT2D eigenvalue weighted by Gasteiger charge is 2.21. The molecule has 1 aliphatic carbocycles. The van der Waals surface area contributed by atoms with Gasteiger partial charge in [0.25, 0.3) is 0 Å². The molecule has 0 atom stereocenters. The highest BCUT2D eigenvalue weighted by atomic mass is 35.5. The van der Waals surface area contributed by atoms with E-state index in [-0.39, 0.29) is 0 Å². The molecule has 1 aromatic rings. The Morgan fingerprint density at radius 2 is 2.00 bits per heavy atom. The minimum Gasteiger partial charge on any atom is -0.230 e. The molecule has 4 heteroatoms. The third kappa shape index (κ3) is 2.69. The monoisotopic (exact) mass is 256 g/mol. The summed E-state index contributed by atoms with van der Waals surface area (Å²) >= 11 is 8.03. The zero-order valence-corrected chi connectivity index (χ0v) is 11.3. The van der Waals surface area contributed by atoms with Crippen molar-refractivity contribution >= 4 is 23.4 Å². The van der Waals surface area contributed by atoms with Gasteiger partial charge in [0.05, 0.1) is 0 Å². The van der Waals surface area contributed by atoms with E-state index in [0.717, 1.165) is 15.8 Å². The maximum absolute atomic E-state index is 6.15. The van der Waals surface area contributed by atoms with Crippen molar-refractivity contribution in [1.29, 1.82) is 0 Å². The molecule has 0 N–H and O–H groups in total.